The van der Waals surface area contributed by atoms with Gasteiger partial charge in [-0.3, -0.25) is 4.79 Å². The fourth-order valence-electron chi connectivity index (χ4n) is 1.65. The lowest BCUT2D eigenvalue weighted by Gasteiger charge is -2.08. The van der Waals surface area contributed by atoms with Gasteiger partial charge in [-0.1, -0.05) is 24.6 Å². The van der Waals surface area contributed by atoms with Crippen molar-refractivity contribution in [3.8, 4) is 5.69 Å². The molecule has 6 heteroatoms. The fourth-order valence-corrected chi connectivity index (χ4v) is 1.83. The van der Waals surface area contributed by atoms with Crippen molar-refractivity contribution in [3.63, 3.8) is 0 Å². The molecule has 0 saturated carbocycles. The molecular formula is C14H17ClN4O. The highest BCUT2D eigenvalue weighted by molar-refractivity contribution is 6.30. The third kappa shape index (κ3) is 3.59. The Hall–Kier alpha value is -1.85. The Kier molecular flexibility index (Phi) is 4.76. The van der Waals surface area contributed by atoms with Crippen molar-refractivity contribution in [2.75, 3.05) is 13.1 Å². The van der Waals surface area contributed by atoms with Gasteiger partial charge in [0.25, 0.3) is 5.91 Å². The molecule has 1 heterocycles. The monoisotopic (exact) mass is 292 g/mol. The third-order valence-corrected chi connectivity index (χ3v) is 3.14. The summed E-state index contributed by atoms with van der Waals surface area (Å²) in [6.45, 7) is 3.06. The number of carbonyl (C=O) groups excluding carboxylic acids is 1. The maximum absolute atomic E-state index is 11.9. The summed E-state index contributed by atoms with van der Waals surface area (Å²) in [6, 6.07) is 8.95. The van der Waals surface area contributed by atoms with Gasteiger partial charge in [0.1, 0.15) is 0 Å². The molecule has 0 aliphatic rings. The van der Waals surface area contributed by atoms with E-state index in [0.29, 0.717) is 23.8 Å². The second kappa shape index (κ2) is 6.54. The van der Waals surface area contributed by atoms with E-state index in [0.717, 1.165) is 5.69 Å². The molecule has 0 fully saturated rings. The molecule has 106 valence electrons. The van der Waals surface area contributed by atoms with Crippen LogP contribution in [0.3, 0.4) is 0 Å². The molecule has 0 saturated heterocycles. The Morgan fingerprint density at radius 1 is 1.50 bits per heavy atom. The van der Waals surface area contributed by atoms with Crippen LogP contribution < -0.4 is 11.1 Å². The van der Waals surface area contributed by atoms with Crippen LogP contribution in [0.4, 0.5) is 0 Å². The van der Waals surface area contributed by atoms with Crippen LogP contribution in [0.2, 0.25) is 5.02 Å². The van der Waals surface area contributed by atoms with Crippen LogP contribution in [-0.4, -0.2) is 28.8 Å². The SMILES string of the molecule is CC(CN)CNC(=O)c1ccn(-c2cccc(Cl)c2)n1. The molecular weight excluding hydrogens is 276 g/mol. The van der Waals surface area contributed by atoms with Crippen LogP contribution in [0, 0.1) is 5.92 Å². The smallest absolute Gasteiger partial charge is 0.271 e. The number of aromatic nitrogens is 2. The van der Waals surface area contributed by atoms with Gasteiger partial charge in [-0.2, -0.15) is 5.10 Å². The molecule has 2 rings (SSSR count). The zero-order chi connectivity index (χ0) is 14.5. The van der Waals surface area contributed by atoms with Crippen LogP contribution >= 0.6 is 11.6 Å². The molecule has 2 aromatic rings. The number of carbonyl (C=O) groups is 1. The van der Waals surface area contributed by atoms with Crippen molar-refractivity contribution in [2.24, 2.45) is 11.7 Å². The summed E-state index contributed by atoms with van der Waals surface area (Å²) in [6.07, 6.45) is 1.73. The van der Waals surface area contributed by atoms with E-state index in [1.807, 2.05) is 19.1 Å². The summed E-state index contributed by atoms with van der Waals surface area (Å²) in [5.74, 6) is 0.0417. The average molecular weight is 293 g/mol. The standard InChI is InChI=1S/C14H17ClN4O/c1-10(8-16)9-17-14(20)13-5-6-19(18-13)12-4-2-3-11(15)7-12/h2-7,10H,8-9,16H2,1H3,(H,17,20). The van der Waals surface area contributed by atoms with Crippen molar-refractivity contribution in [3.05, 3.63) is 47.2 Å². The number of halogens is 1. The van der Waals surface area contributed by atoms with Gasteiger partial charge in [0, 0.05) is 17.8 Å². The highest BCUT2D eigenvalue weighted by Gasteiger charge is 2.11. The molecule has 3 N–H and O–H groups in total. The number of rotatable bonds is 5. The van der Waals surface area contributed by atoms with E-state index in [4.69, 9.17) is 17.3 Å². The van der Waals surface area contributed by atoms with Gasteiger partial charge in [0.15, 0.2) is 5.69 Å². The molecule has 1 amide bonds. The number of benzene rings is 1. The van der Waals surface area contributed by atoms with E-state index in [1.54, 1.807) is 29.1 Å². The topological polar surface area (TPSA) is 72.9 Å². The van der Waals surface area contributed by atoms with Crippen molar-refractivity contribution in [1.29, 1.82) is 0 Å². The molecule has 0 aliphatic carbocycles. The Morgan fingerprint density at radius 3 is 3.00 bits per heavy atom. The second-order valence-corrected chi connectivity index (χ2v) is 5.11. The second-order valence-electron chi connectivity index (χ2n) is 4.68. The number of hydrogen-bond donors (Lipinski definition) is 2. The highest BCUT2D eigenvalue weighted by Crippen LogP contribution is 2.14. The van der Waals surface area contributed by atoms with Crippen molar-refractivity contribution >= 4 is 17.5 Å². The van der Waals surface area contributed by atoms with Gasteiger partial charge in [-0.05, 0) is 36.7 Å². The number of nitrogens with zero attached hydrogens (tertiary/aromatic N) is 2. The van der Waals surface area contributed by atoms with Gasteiger partial charge in [-0.15, -0.1) is 0 Å². The summed E-state index contributed by atoms with van der Waals surface area (Å²) in [5, 5.41) is 7.67. The van der Waals surface area contributed by atoms with E-state index >= 15 is 0 Å². The van der Waals surface area contributed by atoms with Crippen molar-refractivity contribution < 1.29 is 4.79 Å². The van der Waals surface area contributed by atoms with Gasteiger partial charge in [0.05, 0.1) is 5.69 Å². The minimum Gasteiger partial charge on any atom is -0.350 e. The largest absolute Gasteiger partial charge is 0.350 e. The van der Waals surface area contributed by atoms with E-state index in [1.165, 1.54) is 0 Å². The van der Waals surface area contributed by atoms with E-state index in [-0.39, 0.29) is 11.8 Å². The summed E-state index contributed by atoms with van der Waals surface area (Å²) in [4.78, 5) is 11.9. The first-order valence-corrected chi connectivity index (χ1v) is 6.78. The zero-order valence-electron chi connectivity index (χ0n) is 11.2. The van der Waals surface area contributed by atoms with Crippen LogP contribution in [0.1, 0.15) is 17.4 Å². The summed E-state index contributed by atoms with van der Waals surface area (Å²) >= 11 is 5.93. The van der Waals surface area contributed by atoms with Gasteiger partial charge in [0.2, 0.25) is 0 Å². The molecule has 0 bridgehead atoms. The molecule has 1 aromatic carbocycles. The van der Waals surface area contributed by atoms with Gasteiger partial charge >= 0.3 is 0 Å². The molecule has 0 radical (unpaired) electrons. The minimum absolute atomic E-state index is 0.203. The van der Waals surface area contributed by atoms with Gasteiger partial charge < -0.3 is 11.1 Å². The first-order valence-electron chi connectivity index (χ1n) is 6.40. The number of nitrogens with one attached hydrogen (secondary N) is 1. The van der Waals surface area contributed by atoms with Crippen LogP contribution in [0.15, 0.2) is 36.5 Å². The molecule has 1 atom stereocenters. The molecule has 1 aromatic heterocycles. The highest BCUT2D eigenvalue weighted by atomic mass is 35.5. The molecule has 1 unspecified atom stereocenters. The summed E-state index contributed by atoms with van der Waals surface area (Å²) in [5.41, 5.74) is 6.69. The molecule has 5 nitrogen and oxygen atoms in total. The predicted molar refractivity (Wildman–Crippen MR) is 79.1 cm³/mol. The number of nitrogens with two attached hydrogens (primary N) is 1. The Morgan fingerprint density at radius 2 is 2.30 bits per heavy atom. The maximum Gasteiger partial charge on any atom is 0.271 e. The van der Waals surface area contributed by atoms with Crippen molar-refractivity contribution in [1.82, 2.24) is 15.1 Å². The normalized spacial score (nSPS) is 12.2. The number of amides is 1. The maximum atomic E-state index is 11.9. The molecule has 0 spiro atoms. The van der Waals surface area contributed by atoms with Gasteiger partial charge in [-0.25, -0.2) is 4.68 Å². The average Bonchev–Trinajstić information content (AvgIpc) is 2.94. The predicted octanol–water partition coefficient (Wildman–Crippen LogP) is 1.85. The van der Waals surface area contributed by atoms with E-state index in [2.05, 4.69) is 10.4 Å². The minimum atomic E-state index is -0.203. The fraction of sp³-hybridized carbons (Fsp3) is 0.286. The summed E-state index contributed by atoms with van der Waals surface area (Å²) < 4.78 is 1.62. The lowest BCUT2D eigenvalue weighted by Crippen LogP contribution is -2.31. The zero-order valence-corrected chi connectivity index (χ0v) is 12.0. The van der Waals surface area contributed by atoms with Crippen LogP contribution in [-0.2, 0) is 0 Å². The van der Waals surface area contributed by atoms with E-state index in [9.17, 15) is 4.79 Å². The number of hydrogen-bond acceptors (Lipinski definition) is 3. The Balaban J connectivity index is 2.07. The lowest BCUT2D eigenvalue weighted by molar-refractivity contribution is 0.0943. The first-order chi connectivity index (χ1) is 9.60. The van der Waals surface area contributed by atoms with Crippen LogP contribution in [0.5, 0.6) is 0 Å². The van der Waals surface area contributed by atoms with E-state index < -0.39 is 0 Å². The van der Waals surface area contributed by atoms with Crippen LogP contribution in [0.25, 0.3) is 5.69 Å². The third-order valence-electron chi connectivity index (χ3n) is 2.91. The molecule has 20 heavy (non-hydrogen) atoms. The first kappa shape index (κ1) is 14.6. The molecule has 0 aliphatic heterocycles. The van der Waals surface area contributed by atoms with Crippen molar-refractivity contribution in [2.45, 2.75) is 6.92 Å². The Labute approximate surface area is 122 Å². The summed E-state index contributed by atoms with van der Waals surface area (Å²) in [7, 11) is 0. The lowest BCUT2D eigenvalue weighted by atomic mass is 10.2. The quantitative estimate of drug-likeness (QED) is 0.883. The Bertz CT molecular complexity index is 596.